The highest BCUT2D eigenvalue weighted by molar-refractivity contribution is 6.31. The highest BCUT2D eigenvalue weighted by atomic mass is 35.5. The van der Waals surface area contributed by atoms with Crippen molar-refractivity contribution >= 4 is 17.3 Å². The predicted octanol–water partition coefficient (Wildman–Crippen LogP) is 4.63. The molecular weight excluding hydrogens is 280 g/mol. The van der Waals surface area contributed by atoms with E-state index < -0.39 is 0 Å². The van der Waals surface area contributed by atoms with E-state index in [4.69, 9.17) is 11.6 Å². The van der Waals surface area contributed by atoms with Crippen LogP contribution in [0.5, 0.6) is 0 Å². The molecule has 0 bridgehead atoms. The van der Waals surface area contributed by atoms with Crippen molar-refractivity contribution in [2.75, 3.05) is 37.6 Å². The maximum absolute atomic E-state index is 6.42. The van der Waals surface area contributed by atoms with E-state index in [2.05, 4.69) is 55.7 Å². The van der Waals surface area contributed by atoms with E-state index >= 15 is 0 Å². The number of rotatable bonds is 5. The Balaban J connectivity index is 1.91. The number of benzene rings is 1. The second kappa shape index (κ2) is 7.51. The number of hydrogen-bond acceptors (Lipinski definition) is 2. The normalized spacial score (nSPS) is 17.0. The van der Waals surface area contributed by atoms with Gasteiger partial charge in [-0.25, -0.2) is 0 Å². The van der Waals surface area contributed by atoms with Gasteiger partial charge in [-0.2, -0.15) is 0 Å². The van der Waals surface area contributed by atoms with Gasteiger partial charge in [0.25, 0.3) is 0 Å². The molecule has 1 aromatic rings. The molecule has 0 N–H and O–H groups in total. The molecule has 1 aromatic carbocycles. The molecule has 0 aliphatic carbocycles. The van der Waals surface area contributed by atoms with Crippen molar-refractivity contribution < 1.29 is 0 Å². The summed E-state index contributed by atoms with van der Waals surface area (Å²) in [6.45, 7) is 14.8. The predicted molar refractivity (Wildman–Crippen MR) is 93.6 cm³/mol. The van der Waals surface area contributed by atoms with E-state index in [0.29, 0.717) is 5.92 Å². The van der Waals surface area contributed by atoms with Crippen LogP contribution in [0.3, 0.4) is 0 Å². The molecule has 0 spiro atoms. The van der Waals surface area contributed by atoms with Crippen molar-refractivity contribution in [3.8, 4) is 0 Å². The summed E-state index contributed by atoms with van der Waals surface area (Å²) in [5, 5.41) is 0.907. The fourth-order valence-corrected chi connectivity index (χ4v) is 3.24. The van der Waals surface area contributed by atoms with E-state index in [0.717, 1.165) is 37.1 Å². The molecule has 118 valence electrons. The molecule has 0 amide bonds. The first-order valence-electron chi connectivity index (χ1n) is 8.24. The Morgan fingerprint density at radius 2 is 1.71 bits per heavy atom. The van der Waals surface area contributed by atoms with Gasteiger partial charge in [-0.05, 0) is 42.5 Å². The van der Waals surface area contributed by atoms with Gasteiger partial charge >= 0.3 is 0 Å². The highest BCUT2D eigenvalue weighted by Crippen LogP contribution is 2.29. The minimum atomic E-state index is 0.486. The summed E-state index contributed by atoms with van der Waals surface area (Å²) < 4.78 is 0. The summed E-state index contributed by atoms with van der Waals surface area (Å²) >= 11 is 6.42. The summed E-state index contributed by atoms with van der Waals surface area (Å²) in [4.78, 5) is 5.04. The molecule has 1 aliphatic rings. The molecule has 2 rings (SSSR count). The average molecular weight is 309 g/mol. The third kappa shape index (κ3) is 4.62. The second-order valence-corrected chi connectivity index (χ2v) is 7.28. The zero-order valence-corrected chi connectivity index (χ0v) is 14.7. The quantitative estimate of drug-likeness (QED) is 0.782. The van der Waals surface area contributed by atoms with Crippen LogP contribution in [0.15, 0.2) is 18.2 Å². The zero-order chi connectivity index (χ0) is 15.4. The molecule has 0 aromatic heterocycles. The molecule has 21 heavy (non-hydrogen) atoms. The van der Waals surface area contributed by atoms with Gasteiger partial charge < -0.3 is 4.90 Å². The summed E-state index contributed by atoms with van der Waals surface area (Å²) in [6.07, 6.45) is 1.30. The largest absolute Gasteiger partial charge is 0.369 e. The standard InChI is InChI=1S/C18H29ClN2/c1-14(2)7-8-20-9-11-21(12-10-20)16-5-6-17(15(3)4)18(19)13-16/h5-6,13-15H,7-12H2,1-4H3. The van der Waals surface area contributed by atoms with Crippen LogP contribution in [-0.2, 0) is 0 Å². The fraction of sp³-hybridized carbons (Fsp3) is 0.667. The third-order valence-electron chi connectivity index (χ3n) is 4.37. The molecule has 0 radical (unpaired) electrons. The van der Waals surface area contributed by atoms with Gasteiger partial charge in [0.1, 0.15) is 0 Å². The van der Waals surface area contributed by atoms with E-state index in [-0.39, 0.29) is 0 Å². The Morgan fingerprint density at radius 3 is 2.24 bits per heavy atom. The van der Waals surface area contributed by atoms with Crippen LogP contribution in [-0.4, -0.2) is 37.6 Å². The smallest absolute Gasteiger partial charge is 0.0461 e. The molecule has 1 saturated heterocycles. The van der Waals surface area contributed by atoms with E-state index in [1.807, 2.05) is 0 Å². The monoisotopic (exact) mass is 308 g/mol. The van der Waals surface area contributed by atoms with Gasteiger partial charge in [0.05, 0.1) is 0 Å². The minimum Gasteiger partial charge on any atom is -0.369 e. The lowest BCUT2D eigenvalue weighted by atomic mass is 10.0. The van der Waals surface area contributed by atoms with Crippen LogP contribution in [0.25, 0.3) is 0 Å². The van der Waals surface area contributed by atoms with Crippen LogP contribution >= 0.6 is 11.6 Å². The number of anilines is 1. The van der Waals surface area contributed by atoms with Crippen molar-refractivity contribution in [1.82, 2.24) is 4.90 Å². The van der Waals surface area contributed by atoms with Crippen molar-refractivity contribution in [3.63, 3.8) is 0 Å². The Morgan fingerprint density at radius 1 is 1.05 bits per heavy atom. The first-order chi connectivity index (χ1) is 9.97. The van der Waals surface area contributed by atoms with Gasteiger partial charge in [-0.15, -0.1) is 0 Å². The van der Waals surface area contributed by atoms with Crippen molar-refractivity contribution in [2.45, 2.75) is 40.0 Å². The SMILES string of the molecule is CC(C)CCN1CCN(c2ccc(C(C)C)c(Cl)c2)CC1. The summed E-state index contributed by atoms with van der Waals surface area (Å²) in [6, 6.07) is 6.55. The van der Waals surface area contributed by atoms with Crippen LogP contribution in [0, 0.1) is 5.92 Å². The zero-order valence-electron chi connectivity index (χ0n) is 13.9. The maximum atomic E-state index is 6.42. The second-order valence-electron chi connectivity index (χ2n) is 6.87. The van der Waals surface area contributed by atoms with Gasteiger partial charge in [-0.1, -0.05) is 45.4 Å². The van der Waals surface area contributed by atoms with Gasteiger partial charge in [0.2, 0.25) is 0 Å². The van der Waals surface area contributed by atoms with E-state index in [1.54, 1.807) is 0 Å². The Labute approximate surface area is 135 Å². The van der Waals surface area contributed by atoms with Crippen LogP contribution < -0.4 is 4.90 Å². The summed E-state index contributed by atoms with van der Waals surface area (Å²) in [5.74, 6) is 1.28. The molecule has 2 nitrogen and oxygen atoms in total. The third-order valence-corrected chi connectivity index (χ3v) is 4.69. The molecule has 1 fully saturated rings. The van der Waals surface area contributed by atoms with Gasteiger partial charge in [0, 0.05) is 36.9 Å². The van der Waals surface area contributed by atoms with E-state index in [9.17, 15) is 0 Å². The lowest BCUT2D eigenvalue weighted by Crippen LogP contribution is -2.46. The van der Waals surface area contributed by atoms with Crippen molar-refractivity contribution in [1.29, 1.82) is 0 Å². The van der Waals surface area contributed by atoms with Crippen LogP contribution in [0.1, 0.15) is 45.6 Å². The van der Waals surface area contributed by atoms with Gasteiger partial charge in [0.15, 0.2) is 0 Å². The highest BCUT2D eigenvalue weighted by Gasteiger charge is 2.18. The van der Waals surface area contributed by atoms with Crippen molar-refractivity contribution in [2.24, 2.45) is 5.92 Å². The molecular formula is C18H29ClN2. The molecule has 3 heteroatoms. The van der Waals surface area contributed by atoms with Gasteiger partial charge in [-0.3, -0.25) is 4.90 Å². The lowest BCUT2D eigenvalue weighted by molar-refractivity contribution is 0.244. The average Bonchev–Trinajstić information content (AvgIpc) is 2.45. The fourth-order valence-electron chi connectivity index (χ4n) is 2.85. The number of hydrogen-bond donors (Lipinski definition) is 0. The molecule has 1 heterocycles. The number of piperazine rings is 1. The number of nitrogens with zero attached hydrogens (tertiary/aromatic N) is 2. The Kier molecular flexibility index (Phi) is 5.95. The number of halogens is 1. The Hall–Kier alpha value is -0.730. The first-order valence-corrected chi connectivity index (χ1v) is 8.62. The first kappa shape index (κ1) is 16.6. The maximum Gasteiger partial charge on any atom is 0.0461 e. The summed E-state index contributed by atoms with van der Waals surface area (Å²) in [5.41, 5.74) is 2.52. The molecule has 0 unspecified atom stereocenters. The Bertz CT molecular complexity index is 449. The minimum absolute atomic E-state index is 0.486. The van der Waals surface area contributed by atoms with Crippen molar-refractivity contribution in [3.05, 3.63) is 28.8 Å². The topological polar surface area (TPSA) is 6.48 Å². The summed E-state index contributed by atoms with van der Waals surface area (Å²) in [7, 11) is 0. The molecule has 0 atom stereocenters. The lowest BCUT2D eigenvalue weighted by Gasteiger charge is -2.36. The van der Waals surface area contributed by atoms with Crippen LogP contribution in [0.2, 0.25) is 5.02 Å². The van der Waals surface area contributed by atoms with E-state index in [1.165, 1.54) is 24.2 Å². The van der Waals surface area contributed by atoms with Crippen LogP contribution in [0.4, 0.5) is 5.69 Å². The molecule has 1 aliphatic heterocycles. The molecule has 0 saturated carbocycles.